The summed E-state index contributed by atoms with van der Waals surface area (Å²) in [6.45, 7) is 6.82. The lowest BCUT2D eigenvalue weighted by molar-refractivity contribution is 0.0518. The van der Waals surface area contributed by atoms with Crippen LogP contribution in [0.1, 0.15) is 71.6 Å². The summed E-state index contributed by atoms with van der Waals surface area (Å²) in [6, 6.07) is 16.7. The Morgan fingerprint density at radius 1 is 1.06 bits per heavy atom. The van der Waals surface area contributed by atoms with Gasteiger partial charge < -0.3 is 10.1 Å². The first-order chi connectivity index (χ1) is 16.0. The van der Waals surface area contributed by atoms with E-state index in [0.29, 0.717) is 35.9 Å². The van der Waals surface area contributed by atoms with Crippen molar-refractivity contribution in [3.63, 3.8) is 0 Å². The van der Waals surface area contributed by atoms with Crippen molar-refractivity contribution in [3.8, 4) is 5.69 Å². The molecule has 2 aromatic carbocycles. The summed E-state index contributed by atoms with van der Waals surface area (Å²) in [7, 11) is 0. The van der Waals surface area contributed by atoms with E-state index in [2.05, 4.69) is 24.3 Å². The Bertz CT molecular complexity index is 1090. The molecule has 7 heteroatoms. The maximum Gasteiger partial charge on any atom is 0.358 e. The number of carbonyl (C=O) groups excluding carboxylic acids is 2. The van der Waals surface area contributed by atoms with Crippen molar-refractivity contribution in [3.05, 3.63) is 82.1 Å². The van der Waals surface area contributed by atoms with Crippen LogP contribution in [0.25, 0.3) is 5.69 Å². The van der Waals surface area contributed by atoms with Gasteiger partial charge in [-0.05, 0) is 74.2 Å². The number of ether oxygens (including phenoxy) is 1. The highest BCUT2D eigenvalue weighted by atomic mass is 35.5. The Morgan fingerprint density at radius 3 is 2.42 bits per heavy atom. The van der Waals surface area contributed by atoms with Gasteiger partial charge in [0.05, 0.1) is 12.3 Å². The molecule has 0 bridgehead atoms. The highest BCUT2D eigenvalue weighted by molar-refractivity contribution is 6.30. The highest BCUT2D eigenvalue weighted by Crippen LogP contribution is 2.27. The quantitative estimate of drug-likeness (QED) is 0.395. The molecule has 33 heavy (non-hydrogen) atoms. The van der Waals surface area contributed by atoms with E-state index in [0.717, 1.165) is 29.8 Å². The number of rotatable bonds is 10. The van der Waals surface area contributed by atoms with E-state index in [1.807, 2.05) is 42.5 Å². The van der Waals surface area contributed by atoms with E-state index in [1.54, 1.807) is 23.7 Å². The van der Waals surface area contributed by atoms with Crippen LogP contribution in [0.3, 0.4) is 0 Å². The van der Waals surface area contributed by atoms with E-state index in [4.69, 9.17) is 16.3 Å². The number of hydrogen-bond donors (Lipinski definition) is 1. The van der Waals surface area contributed by atoms with Crippen LogP contribution in [0.2, 0.25) is 5.02 Å². The predicted octanol–water partition coefficient (Wildman–Crippen LogP) is 5.58. The topological polar surface area (TPSA) is 73.2 Å². The largest absolute Gasteiger partial charge is 0.461 e. The van der Waals surface area contributed by atoms with Gasteiger partial charge >= 0.3 is 5.97 Å². The van der Waals surface area contributed by atoms with Gasteiger partial charge in [0.2, 0.25) is 0 Å². The molecule has 0 saturated carbocycles. The fourth-order valence-electron chi connectivity index (χ4n) is 3.77. The molecule has 0 fully saturated rings. The molecule has 6 nitrogen and oxygen atoms in total. The first kappa shape index (κ1) is 24.5. The number of nitrogens with zero attached hydrogens (tertiary/aromatic N) is 2. The molecule has 0 atom stereocenters. The van der Waals surface area contributed by atoms with Crippen LogP contribution in [0.15, 0.2) is 54.6 Å². The molecule has 0 radical (unpaired) electrons. The minimum atomic E-state index is -0.431. The summed E-state index contributed by atoms with van der Waals surface area (Å²) in [6.07, 6.45) is 2.56. The smallest absolute Gasteiger partial charge is 0.358 e. The second-order valence-electron chi connectivity index (χ2n) is 7.78. The lowest BCUT2D eigenvalue weighted by atomic mass is 9.99. The first-order valence-electron chi connectivity index (χ1n) is 11.4. The molecule has 1 aromatic heterocycles. The fraction of sp³-hybridized carbons (Fsp3) is 0.346. The van der Waals surface area contributed by atoms with Crippen molar-refractivity contribution >= 4 is 23.5 Å². The van der Waals surface area contributed by atoms with Gasteiger partial charge in [-0.25, -0.2) is 9.48 Å². The maximum absolute atomic E-state index is 12.6. The Hall–Kier alpha value is -3.12. The van der Waals surface area contributed by atoms with Crippen LogP contribution in [0.5, 0.6) is 0 Å². The molecule has 1 heterocycles. The van der Waals surface area contributed by atoms with Crippen LogP contribution in [-0.4, -0.2) is 34.8 Å². The van der Waals surface area contributed by atoms with Crippen molar-refractivity contribution in [2.75, 3.05) is 13.2 Å². The first-order valence-corrected chi connectivity index (χ1v) is 11.7. The molecule has 0 unspecified atom stereocenters. The van der Waals surface area contributed by atoms with Crippen molar-refractivity contribution in [1.82, 2.24) is 15.1 Å². The minimum absolute atomic E-state index is 0.142. The van der Waals surface area contributed by atoms with Crippen molar-refractivity contribution in [2.45, 2.75) is 46.0 Å². The van der Waals surface area contributed by atoms with Gasteiger partial charge in [-0.1, -0.05) is 37.6 Å². The number of benzene rings is 2. The normalized spacial score (nSPS) is 10.9. The molecule has 174 valence electrons. The van der Waals surface area contributed by atoms with Gasteiger partial charge in [-0.15, -0.1) is 0 Å². The number of esters is 1. The van der Waals surface area contributed by atoms with Gasteiger partial charge in [0, 0.05) is 28.7 Å². The Morgan fingerprint density at radius 2 is 1.79 bits per heavy atom. The van der Waals surface area contributed by atoms with E-state index >= 15 is 0 Å². The number of hydrogen-bond acceptors (Lipinski definition) is 4. The predicted molar refractivity (Wildman–Crippen MR) is 130 cm³/mol. The summed E-state index contributed by atoms with van der Waals surface area (Å²) in [5.41, 5.74) is 3.68. The molecule has 1 amide bonds. The summed E-state index contributed by atoms with van der Waals surface area (Å²) >= 11 is 6.01. The average molecular weight is 468 g/mol. The van der Waals surface area contributed by atoms with Gasteiger partial charge in [-0.3, -0.25) is 4.79 Å². The molecule has 3 aromatic rings. The third-order valence-electron chi connectivity index (χ3n) is 5.59. The second kappa shape index (κ2) is 11.7. The molecule has 0 aliphatic heterocycles. The number of nitrogens with one attached hydrogen (secondary N) is 1. The molecule has 1 N–H and O–H groups in total. The van der Waals surface area contributed by atoms with Crippen molar-refractivity contribution < 1.29 is 14.3 Å². The average Bonchev–Trinajstić information content (AvgIpc) is 3.25. The SMILES string of the molecule is CCOC(=O)c1cc(C(CC)CC)n(-c2ccc(C(=O)NCCc3cccc(Cl)c3)cc2)n1. The van der Waals surface area contributed by atoms with Gasteiger partial charge in [-0.2, -0.15) is 5.10 Å². The van der Waals surface area contributed by atoms with Gasteiger partial charge in [0.1, 0.15) is 0 Å². The zero-order chi connectivity index (χ0) is 23.8. The zero-order valence-corrected chi connectivity index (χ0v) is 20.1. The molecule has 0 saturated heterocycles. The fourth-order valence-corrected chi connectivity index (χ4v) is 3.99. The van der Waals surface area contributed by atoms with Crippen LogP contribution in [0.4, 0.5) is 0 Å². The van der Waals surface area contributed by atoms with E-state index in [-0.39, 0.29) is 11.8 Å². The van der Waals surface area contributed by atoms with Gasteiger partial charge in [0.15, 0.2) is 5.69 Å². The van der Waals surface area contributed by atoms with Crippen LogP contribution in [-0.2, 0) is 11.2 Å². The Kier molecular flexibility index (Phi) is 8.66. The highest BCUT2D eigenvalue weighted by Gasteiger charge is 2.21. The second-order valence-corrected chi connectivity index (χ2v) is 8.22. The molecular formula is C26H30ClN3O3. The van der Waals surface area contributed by atoms with Crippen molar-refractivity contribution in [1.29, 1.82) is 0 Å². The standard InChI is InChI=1S/C26H30ClN3O3/c1-4-19(5-2)24-17-23(26(32)33-6-3)29-30(24)22-12-10-20(11-13-22)25(31)28-15-14-18-8-7-9-21(27)16-18/h7-13,16-17,19H,4-6,14-15H2,1-3H3,(H,28,31). The third kappa shape index (κ3) is 6.23. The van der Waals surface area contributed by atoms with Crippen LogP contribution in [0, 0.1) is 0 Å². The monoisotopic (exact) mass is 467 g/mol. The summed E-state index contributed by atoms with van der Waals surface area (Å²) in [5.74, 6) is -0.314. The number of aromatic nitrogens is 2. The molecular weight excluding hydrogens is 438 g/mol. The maximum atomic E-state index is 12.6. The third-order valence-corrected chi connectivity index (χ3v) is 5.82. The lowest BCUT2D eigenvalue weighted by Gasteiger charge is -2.15. The minimum Gasteiger partial charge on any atom is -0.461 e. The zero-order valence-electron chi connectivity index (χ0n) is 19.3. The number of halogens is 1. The van der Waals surface area contributed by atoms with E-state index < -0.39 is 5.97 Å². The van der Waals surface area contributed by atoms with Crippen LogP contribution < -0.4 is 5.32 Å². The number of carbonyl (C=O) groups is 2. The van der Waals surface area contributed by atoms with Crippen LogP contribution >= 0.6 is 11.6 Å². The summed E-state index contributed by atoms with van der Waals surface area (Å²) in [4.78, 5) is 24.8. The summed E-state index contributed by atoms with van der Waals surface area (Å²) < 4.78 is 6.91. The summed E-state index contributed by atoms with van der Waals surface area (Å²) in [5, 5.41) is 8.14. The lowest BCUT2D eigenvalue weighted by Crippen LogP contribution is -2.25. The van der Waals surface area contributed by atoms with E-state index in [1.165, 1.54) is 0 Å². The van der Waals surface area contributed by atoms with Gasteiger partial charge in [0.25, 0.3) is 5.91 Å². The molecule has 0 aliphatic rings. The number of amides is 1. The van der Waals surface area contributed by atoms with Crippen molar-refractivity contribution in [2.24, 2.45) is 0 Å². The molecule has 0 spiro atoms. The Labute approximate surface area is 199 Å². The molecule has 0 aliphatic carbocycles. The molecule has 3 rings (SSSR count). The van der Waals surface area contributed by atoms with E-state index in [9.17, 15) is 9.59 Å². The Balaban J connectivity index is 1.74.